The number of nitrogens with zero attached hydrogens (tertiary/aromatic N) is 3. The predicted molar refractivity (Wildman–Crippen MR) is 140 cm³/mol. The minimum atomic E-state index is -0.311. The maximum atomic E-state index is 12.9. The molecule has 1 unspecified atom stereocenters. The summed E-state index contributed by atoms with van der Waals surface area (Å²) in [6.45, 7) is 10.6. The second-order valence-corrected chi connectivity index (χ2v) is 10.2. The number of hydrogen-bond donors (Lipinski definition) is 2. The Labute approximate surface area is 213 Å². The van der Waals surface area contributed by atoms with Crippen LogP contribution in [-0.4, -0.2) is 32.3 Å². The number of benzene rings is 2. The molecule has 34 heavy (non-hydrogen) atoms. The van der Waals surface area contributed by atoms with Crippen molar-refractivity contribution in [2.75, 3.05) is 11.1 Å². The summed E-state index contributed by atoms with van der Waals surface area (Å²) < 4.78 is 2.96. The highest BCUT2D eigenvalue weighted by Gasteiger charge is 2.26. The monoisotopic (exact) mass is 543 g/mol. The Morgan fingerprint density at radius 2 is 1.88 bits per heavy atom. The fourth-order valence-electron chi connectivity index (χ4n) is 3.52. The van der Waals surface area contributed by atoms with E-state index in [1.807, 2.05) is 75.6 Å². The van der Waals surface area contributed by atoms with Crippen molar-refractivity contribution in [2.24, 2.45) is 5.92 Å². The van der Waals surface area contributed by atoms with Crippen LogP contribution in [-0.2, 0) is 11.3 Å². The number of nitrogens with one attached hydrogen (secondary N) is 2. The molecule has 0 saturated carbocycles. The molecule has 0 saturated heterocycles. The molecule has 9 heteroatoms. The van der Waals surface area contributed by atoms with Crippen LogP contribution in [0.5, 0.6) is 0 Å². The van der Waals surface area contributed by atoms with Gasteiger partial charge in [0.1, 0.15) is 0 Å². The lowest BCUT2D eigenvalue weighted by molar-refractivity contribution is -0.113. The van der Waals surface area contributed by atoms with Crippen LogP contribution in [0.4, 0.5) is 5.69 Å². The topological polar surface area (TPSA) is 88.9 Å². The summed E-state index contributed by atoms with van der Waals surface area (Å²) in [5, 5.41) is 15.4. The minimum absolute atomic E-state index is 0.102. The van der Waals surface area contributed by atoms with E-state index in [1.165, 1.54) is 11.8 Å². The zero-order valence-corrected chi connectivity index (χ0v) is 22.5. The number of amides is 2. The van der Waals surface area contributed by atoms with E-state index in [-0.39, 0.29) is 29.5 Å². The first-order valence-corrected chi connectivity index (χ1v) is 13.0. The number of hydrogen-bond acceptors (Lipinski definition) is 5. The van der Waals surface area contributed by atoms with Gasteiger partial charge in [0, 0.05) is 22.3 Å². The molecule has 3 rings (SSSR count). The van der Waals surface area contributed by atoms with Crippen molar-refractivity contribution in [3.05, 3.63) is 69.5 Å². The molecule has 1 heterocycles. The molecular weight excluding hydrogens is 514 g/mol. The third-order valence-corrected chi connectivity index (χ3v) is 7.20. The fourth-order valence-corrected chi connectivity index (χ4v) is 4.58. The molecular formula is C25H30BrN5O2S. The molecule has 0 aliphatic heterocycles. The summed E-state index contributed by atoms with van der Waals surface area (Å²) >= 11 is 4.80. The number of anilines is 1. The summed E-state index contributed by atoms with van der Waals surface area (Å²) in [4.78, 5) is 25.4. The highest BCUT2D eigenvalue weighted by atomic mass is 79.9. The number of halogens is 1. The van der Waals surface area contributed by atoms with Gasteiger partial charge in [0.15, 0.2) is 11.0 Å². The zero-order chi connectivity index (χ0) is 24.8. The van der Waals surface area contributed by atoms with Gasteiger partial charge in [0.25, 0.3) is 5.91 Å². The van der Waals surface area contributed by atoms with Gasteiger partial charge in [-0.05, 0) is 62.6 Å². The summed E-state index contributed by atoms with van der Waals surface area (Å²) in [6.07, 6.45) is 0. The largest absolute Gasteiger partial charge is 0.342 e. The lowest BCUT2D eigenvalue weighted by atomic mass is 10.0. The Kier molecular flexibility index (Phi) is 8.90. The maximum absolute atomic E-state index is 12.9. The van der Waals surface area contributed by atoms with Crippen LogP contribution in [0.3, 0.4) is 0 Å². The van der Waals surface area contributed by atoms with Crippen molar-refractivity contribution in [1.82, 2.24) is 20.1 Å². The lowest BCUT2D eigenvalue weighted by Crippen LogP contribution is -2.33. The molecule has 0 aliphatic carbocycles. The zero-order valence-electron chi connectivity index (χ0n) is 20.1. The van der Waals surface area contributed by atoms with Gasteiger partial charge in [-0.3, -0.25) is 9.59 Å². The lowest BCUT2D eigenvalue weighted by Gasteiger charge is -2.22. The maximum Gasteiger partial charge on any atom is 0.251 e. The van der Waals surface area contributed by atoms with E-state index in [0.29, 0.717) is 23.1 Å². The van der Waals surface area contributed by atoms with Gasteiger partial charge in [0.05, 0.1) is 11.8 Å². The smallest absolute Gasteiger partial charge is 0.251 e. The Morgan fingerprint density at radius 3 is 2.53 bits per heavy atom. The van der Waals surface area contributed by atoms with E-state index < -0.39 is 0 Å². The molecule has 2 N–H and O–H groups in total. The van der Waals surface area contributed by atoms with Crippen LogP contribution in [0.15, 0.2) is 52.1 Å². The number of thioether (sulfide) groups is 1. The molecule has 0 fully saturated rings. The molecule has 0 bridgehead atoms. The normalized spacial score (nSPS) is 12.0. The van der Waals surface area contributed by atoms with Gasteiger partial charge < -0.3 is 15.2 Å². The van der Waals surface area contributed by atoms with Crippen molar-refractivity contribution in [3.8, 4) is 0 Å². The van der Waals surface area contributed by atoms with Gasteiger partial charge in [-0.15, -0.1) is 10.2 Å². The first-order chi connectivity index (χ1) is 16.2. The molecule has 3 aromatic rings. The van der Waals surface area contributed by atoms with E-state index >= 15 is 0 Å². The molecule has 7 nitrogen and oxygen atoms in total. The third kappa shape index (κ3) is 6.48. The van der Waals surface area contributed by atoms with Crippen LogP contribution in [0.1, 0.15) is 54.1 Å². The number of aromatic nitrogens is 3. The van der Waals surface area contributed by atoms with Crippen molar-refractivity contribution in [1.29, 1.82) is 0 Å². The van der Waals surface area contributed by atoms with E-state index in [2.05, 4.69) is 36.8 Å². The van der Waals surface area contributed by atoms with Crippen molar-refractivity contribution in [2.45, 2.75) is 52.4 Å². The molecule has 1 atom stereocenters. The Hall–Kier alpha value is -2.65. The summed E-state index contributed by atoms with van der Waals surface area (Å²) in [5.41, 5.74) is 3.44. The molecule has 2 aromatic carbocycles. The summed E-state index contributed by atoms with van der Waals surface area (Å²) in [5.74, 6) is 0.725. The second kappa shape index (κ2) is 11.7. The highest BCUT2D eigenvalue weighted by molar-refractivity contribution is 9.10. The second-order valence-electron chi connectivity index (χ2n) is 8.45. The molecule has 2 amide bonds. The average molecular weight is 545 g/mol. The van der Waals surface area contributed by atoms with Crippen LogP contribution >= 0.6 is 27.7 Å². The molecule has 0 radical (unpaired) electrons. The Balaban J connectivity index is 1.71. The molecule has 1 aromatic heterocycles. The number of carbonyl (C=O) groups is 2. The fraction of sp³-hybridized carbons (Fsp3) is 0.360. The SMILES string of the molecule is CCn1c(SCC(=O)Nc2ccc(Br)c(C)c2)nnc1C(NC(=O)c1cccc(C)c1)C(C)C. The van der Waals surface area contributed by atoms with Crippen LogP contribution < -0.4 is 10.6 Å². The van der Waals surface area contributed by atoms with Crippen LogP contribution in [0, 0.1) is 19.8 Å². The Morgan fingerprint density at radius 1 is 1.12 bits per heavy atom. The first kappa shape index (κ1) is 26.0. The van der Waals surface area contributed by atoms with E-state index in [0.717, 1.165) is 21.3 Å². The van der Waals surface area contributed by atoms with Gasteiger partial charge >= 0.3 is 0 Å². The van der Waals surface area contributed by atoms with Crippen molar-refractivity contribution in [3.63, 3.8) is 0 Å². The third-order valence-electron chi connectivity index (χ3n) is 5.35. The van der Waals surface area contributed by atoms with Gasteiger partial charge in [0.2, 0.25) is 5.91 Å². The Bertz CT molecular complexity index is 1180. The minimum Gasteiger partial charge on any atom is -0.342 e. The van der Waals surface area contributed by atoms with Gasteiger partial charge in [-0.2, -0.15) is 0 Å². The first-order valence-electron chi connectivity index (χ1n) is 11.2. The van der Waals surface area contributed by atoms with Crippen molar-refractivity contribution < 1.29 is 9.59 Å². The number of aryl methyl sites for hydroxylation is 2. The highest BCUT2D eigenvalue weighted by Crippen LogP contribution is 2.26. The van der Waals surface area contributed by atoms with Crippen LogP contribution in [0.25, 0.3) is 0 Å². The van der Waals surface area contributed by atoms with Crippen LogP contribution in [0.2, 0.25) is 0 Å². The number of rotatable bonds is 9. The van der Waals surface area contributed by atoms with Gasteiger partial charge in [-0.25, -0.2) is 0 Å². The molecule has 0 aliphatic rings. The predicted octanol–water partition coefficient (Wildman–Crippen LogP) is 5.54. The van der Waals surface area contributed by atoms with E-state index in [4.69, 9.17) is 0 Å². The molecule has 180 valence electrons. The van der Waals surface area contributed by atoms with Crippen molar-refractivity contribution >= 4 is 45.2 Å². The standard InChI is InChI=1S/C25H30BrN5O2S/c1-6-31-23(22(15(2)3)28-24(33)18-9-7-8-16(4)12-18)29-30-25(31)34-14-21(32)27-19-10-11-20(26)17(5)13-19/h7-13,15,22H,6,14H2,1-5H3,(H,27,32)(H,28,33). The quantitative estimate of drug-likeness (QED) is 0.346. The van der Waals surface area contributed by atoms with Gasteiger partial charge in [-0.1, -0.05) is 59.2 Å². The number of carbonyl (C=O) groups excluding carboxylic acids is 2. The average Bonchev–Trinajstić information content (AvgIpc) is 3.20. The van der Waals surface area contributed by atoms with E-state index in [1.54, 1.807) is 6.07 Å². The molecule has 0 spiro atoms. The summed E-state index contributed by atoms with van der Waals surface area (Å²) in [6, 6.07) is 12.9. The van der Waals surface area contributed by atoms with E-state index in [9.17, 15) is 9.59 Å². The summed E-state index contributed by atoms with van der Waals surface area (Å²) in [7, 11) is 0.